The number of aliphatic carboxylic acids is 2. The third-order valence-corrected chi connectivity index (χ3v) is 4.76. The normalized spacial score (nSPS) is 16.4. The number of carbonyl (C=O) groups excluding carboxylic acids is 2. The fourth-order valence-corrected chi connectivity index (χ4v) is 3.10. The van der Waals surface area contributed by atoms with Crippen LogP contribution < -0.4 is 0 Å². The number of hydrogen-bond donors (Lipinski definition) is 2. The zero-order valence-corrected chi connectivity index (χ0v) is 16.4. The van der Waals surface area contributed by atoms with Gasteiger partial charge in [0, 0.05) is 6.42 Å². The van der Waals surface area contributed by atoms with Crippen LogP contribution in [0.15, 0.2) is 24.3 Å². The van der Waals surface area contributed by atoms with E-state index in [1.54, 1.807) is 19.1 Å². The van der Waals surface area contributed by atoms with Crippen LogP contribution in [0.25, 0.3) is 0 Å². The number of nitrogens with zero attached hydrogens (tertiary/aromatic N) is 1. The maximum atomic E-state index is 12.9. The zero-order valence-electron chi connectivity index (χ0n) is 16.4. The van der Waals surface area contributed by atoms with E-state index in [-0.39, 0.29) is 24.0 Å². The molecule has 29 heavy (non-hydrogen) atoms. The number of benzene rings is 1. The van der Waals surface area contributed by atoms with Crippen molar-refractivity contribution in [3.8, 4) is 0 Å². The molecule has 158 valence electrons. The minimum absolute atomic E-state index is 0.0593. The largest absolute Gasteiger partial charge is 0.479 e. The average molecular weight is 407 g/mol. The number of carboxylic acids is 2. The molecule has 0 saturated carbocycles. The highest BCUT2D eigenvalue weighted by Crippen LogP contribution is 2.34. The van der Waals surface area contributed by atoms with E-state index in [0.29, 0.717) is 30.6 Å². The first-order chi connectivity index (χ1) is 13.8. The number of rotatable bonds is 12. The molecule has 0 radical (unpaired) electrons. The van der Waals surface area contributed by atoms with Crippen LogP contribution in [0.3, 0.4) is 0 Å². The van der Waals surface area contributed by atoms with Gasteiger partial charge in [-0.2, -0.15) is 4.89 Å². The second-order valence-electron chi connectivity index (χ2n) is 6.83. The van der Waals surface area contributed by atoms with Crippen LogP contribution in [0.2, 0.25) is 0 Å². The molecule has 0 bridgehead atoms. The zero-order chi connectivity index (χ0) is 21.6. The topological polar surface area (TPSA) is 130 Å². The second-order valence-corrected chi connectivity index (χ2v) is 6.83. The van der Waals surface area contributed by atoms with Gasteiger partial charge in [0.2, 0.25) is 0 Å². The summed E-state index contributed by atoms with van der Waals surface area (Å²) in [5.41, 5.74) is -2.35. The molecule has 2 unspecified atom stereocenters. The molecule has 0 aromatic heterocycles. The van der Waals surface area contributed by atoms with E-state index in [1.165, 1.54) is 12.1 Å². The van der Waals surface area contributed by atoms with Gasteiger partial charge in [-0.15, -0.1) is 0 Å². The summed E-state index contributed by atoms with van der Waals surface area (Å²) in [6.45, 7) is 3.67. The van der Waals surface area contributed by atoms with Crippen LogP contribution in [0.1, 0.15) is 73.1 Å². The summed E-state index contributed by atoms with van der Waals surface area (Å²) >= 11 is 0. The number of hydrogen-bond acceptors (Lipinski definition) is 6. The SMILES string of the molecule is CCCCC(OOC(CCCC)(C(=O)O)N1C(=O)c2ccccc2C1=O)C(=O)O. The van der Waals surface area contributed by atoms with Gasteiger partial charge in [-0.3, -0.25) is 9.59 Å². The molecule has 1 heterocycles. The maximum Gasteiger partial charge on any atom is 0.361 e. The average Bonchev–Trinajstić information content (AvgIpc) is 2.95. The number of amides is 2. The van der Waals surface area contributed by atoms with Gasteiger partial charge in [0.1, 0.15) is 0 Å². The molecule has 0 spiro atoms. The molecule has 2 amide bonds. The Labute approximate surface area is 168 Å². The fourth-order valence-electron chi connectivity index (χ4n) is 3.10. The van der Waals surface area contributed by atoms with E-state index >= 15 is 0 Å². The van der Waals surface area contributed by atoms with Crippen molar-refractivity contribution in [2.45, 2.75) is 64.2 Å². The van der Waals surface area contributed by atoms with Crippen molar-refractivity contribution >= 4 is 23.8 Å². The predicted octanol–water partition coefficient (Wildman–Crippen LogP) is 2.85. The van der Waals surface area contributed by atoms with Crippen LogP contribution in [0.5, 0.6) is 0 Å². The van der Waals surface area contributed by atoms with Crippen molar-refractivity contribution in [2.75, 3.05) is 0 Å². The summed E-state index contributed by atoms with van der Waals surface area (Å²) in [5.74, 6) is -4.59. The third kappa shape index (κ3) is 4.46. The highest BCUT2D eigenvalue weighted by molar-refractivity contribution is 6.23. The summed E-state index contributed by atoms with van der Waals surface area (Å²) in [6, 6.07) is 5.96. The summed E-state index contributed by atoms with van der Waals surface area (Å²) in [6.07, 6.45) is 0.496. The molecule has 9 nitrogen and oxygen atoms in total. The Bertz CT molecular complexity index is 757. The monoisotopic (exact) mass is 407 g/mol. The molecule has 1 aromatic rings. The molecule has 1 aliphatic heterocycles. The molecule has 2 rings (SSSR count). The van der Waals surface area contributed by atoms with Gasteiger partial charge in [-0.05, 0) is 25.0 Å². The molecule has 2 N–H and O–H groups in total. The number of carbonyl (C=O) groups is 4. The third-order valence-electron chi connectivity index (χ3n) is 4.76. The van der Waals surface area contributed by atoms with Crippen molar-refractivity contribution < 1.29 is 39.2 Å². The van der Waals surface area contributed by atoms with Crippen molar-refractivity contribution in [3.05, 3.63) is 35.4 Å². The Kier molecular flexibility index (Phi) is 7.46. The van der Waals surface area contributed by atoms with E-state index in [2.05, 4.69) is 0 Å². The Hall–Kier alpha value is -2.78. The van der Waals surface area contributed by atoms with Gasteiger partial charge in [0.05, 0.1) is 11.1 Å². The van der Waals surface area contributed by atoms with Gasteiger partial charge in [0.15, 0.2) is 6.10 Å². The minimum Gasteiger partial charge on any atom is -0.479 e. The maximum absolute atomic E-state index is 12.9. The summed E-state index contributed by atoms with van der Waals surface area (Å²) in [4.78, 5) is 60.1. The molecule has 9 heteroatoms. The Morgan fingerprint density at radius 1 is 1.03 bits per heavy atom. The van der Waals surface area contributed by atoms with Crippen LogP contribution in [0.4, 0.5) is 0 Å². The van der Waals surface area contributed by atoms with Crippen LogP contribution in [0, 0.1) is 0 Å². The molecular weight excluding hydrogens is 382 g/mol. The second kappa shape index (κ2) is 9.62. The number of unbranched alkanes of at least 4 members (excludes halogenated alkanes) is 2. The first-order valence-electron chi connectivity index (χ1n) is 9.58. The Morgan fingerprint density at radius 3 is 2.03 bits per heavy atom. The molecule has 0 aliphatic carbocycles. The van der Waals surface area contributed by atoms with E-state index < -0.39 is 35.6 Å². The molecule has 2 atom stereocenters. The van der Waals surface area contributed by atoms with E-state index in [0.717, 1.165) is 0 Å². The number of imide groups is 1. The van der Waals surface area contributed by atoms with Gasteiger partial charge in [0.25, 0.3) is 17.5 Å². The molecule has 1 aromatic carbocycles. The van der Waals surface area contributed by atoms with Crippen LogP contribution in [-0.2, 0) is 19.4 Å². The Morgan fingerprint density at radius 2 is 1.59 bits per heavy atom. The summed E-state index contributed by atoms with van der Waals surface area (Å²) in [7, 11) is 0. The van der Waals surface area contributed by atoms with Gasteiger partial charge in [-0.1, -0.05) is 45.2 Å². The summed E-state index contributed by atoms with van der Waals surface area (Å²) < 4.78 is 0. The fraction of sp³-hybridized carbons (Fsp3) is 0.500. The first-order valence-corrected chi connectivity index (χ1v) is 9.58. The Balaban J connectivity index is 2.41. The first kappa shape index (κ1) is 22.5. The molecular formula is C20H25NO8. The van der Waals surface area contributed by atoms with Crippen molar-refractivity contribution in [2.24, 2.45) is 0 Å². The lowest BCUT2D eigenvalue weighted by Gasteiger charge is -2.35. The number of fused-ring (bicyclic) bond motifs is 1. The van der Waals surface area contributed by atoms with E-state index in [9.17, 15) is 29.4 Å². The van der Waals surface area contributed by atoms with Crippen LogP contribution in [-0.4, -0.2) is 50.7 Å². The lowest BCUT2D eigenvalue weighted by Crippen LogP contribution is -2.59. The standard InChI is InChI=1S/C20H25NO8/c1-3-5-11-15(18(24)25)28-29-20(19(26)27,12-6-4-2)21-16(22)13-9-7-8-10-14(13)17(21)23/h7-10,15H,3-6,11-12H2,1-2H3,(H,24,25)(H,26,27). The van der Waals surface area contributed by atoms with Crippen molar-refractivity contribution in [3.63, 3.8) is 0 Å². The lowest BCUT2D eigenvalue weighted by atomic mass is 10.0. The smallest absolute Gasteiger partial charge is 0.361 e. The minimum atomic E-state index is -2.47. The molecule has 0 fully saturated rings. The molecule has 1 aliphatic rings. The van der Waals surface area contributed by atoms with Gasteiger partial charge < -0.3 is 10.2 Å². The van der Waals surface area contributed by atoms with Crippen molar-refractivity contribution in [1.82, 2.24) is 4.90 Å². The van der Waals surface area contributed by atoms with Crippen LogP contribution >= 0.6 is 0 Å². The summed E-state index contributed by atoms with van der Waals surface area (Å²) in [5, 5.41) is 19.3. The highest BCUT2D eigenvalue weighted by Gasteiger charge is 2.56. The predicted molar refractivity (Wildman–Crippen MR) is 100.0 cm³/mol. The van der Waals surface area contributed by atoms with Gasteiger partial charge >= 0.3 is 11.9 Å². The number of carboxylic acid groups (broad SMARTS) is 2. The highest BCUT2D eigenvalue weighted by atomic mass is 17.2. The van der Waals surface area contributed by atoms with E-state index in [1.807, 2.05) is 6.92 Å². The van der Waals surface area contributed by atoms with E-state index in [4.69, 9.17) is 9.78 Å². The quantitative estimate of drug-likeness (QED) is 0.307. The molecule has 0 saturated heterocycles. The van der Waals surface area contributed by atoms with Gasteiger partial charge in [-0.25, -0.2) is 19.4 Å². The lowest BCUT2D eigenvalue weighted by molar-refractivity contribution is -0.392. The van der Waals surface area contributed by atoms with Crippen molar-refractivity contribution in [1.29, 1.82) is 0 Å².